The normalized spacial score (nSPS) is 12.1. The van der Waals surface area contributed by atoms with Crippen LogP contribution in [0.15, 0.2) is 29.4 Å². The fourth-order valence-corrected chi connectivity index (χ4v) is 3.50. The standard InChI is InChI=1S/C15H19N3OS2/c1-10-11(2)20-14(18-10)7-9-17-15(19)12(3)21-13-6-4-5-8-16-13/h4-6,8,12H,7,9H2,1-3H3,(H,17,19)/t12-/m0/s1. The highest BCUT2D eigenvalue weighted by Gasteiger charge is 2.14. The fourth-order valence-electron chi connectivity index (χ4n) is 1.73. The molecule has 0 aliphatic rings. The molecule has 6 heteroatoms. The number of aromatic nitrogens is 2. The van der Waals surface area contributed by atoms with E-state index in [1.165, 1.54) is 16.6 Å². The first-order valence-corrected chi connectivity index (χ1v) is 8.54. The minimum absolute atomic E-state index is 0.0376. The van der Waals surface area contributed by atoms with Gasteiger partial charge >= 0.3 is 0 Å². The van der Waals surface area contributed by atoms with Crippen LogP contribution in [0.25, 0.3) is 0 Å². The molecule has 0 aliphatic heterocycles. The van der Waals surface area contributed by atoms with E-state index in [0.717, 1.165) is 22.1 Å². The third-order valence-electron chi connectivity index (χ3n) is 3.02. The molecule has 1 amide bonds. The molecule has 1 N–H and O–H groups in total. The molecular weight excluding hydrogens is 302 g/mol. The van der Waals surface area contributed by atoms with E-state index in [4.69, 9.17) is 0 Å². The van der Waals surface area contributed by atoms with Gasteiger partial charge in [0.2, 0.25) is 5.91 Å². The van der Waals surface area contributed by atoms with Gasteiger partial charge in [0.15, 0.2) is 0 Å². The van der Waals surface area contributed by atoms with Gasteiger partial charge in [-0.15, -0.1) is 11.3 Å². The average Bonchev–Trinajstić information content (AvgIpc) is 2.78. The zero-order valence-electron chi connectivity index (χ0n) is 12.4. The lowest BCUT2D eigenvalue weighted by molar-refractivity contribution is -0.120. The highest BCUT2D eigenvalue weighted by Crippen LogP contribution is 2.20. The second-order valence-corrected chi connectivity index (χ2v) is 7.37. The van der Waals surface area contributed by atoms with Crippen molar-refractivity contribution < 1.29 is 4.79 Å². The number of amides is 1. The number of nitrogens with zero attached hydrogens (tertiary/aromatic N) is 2. The van der Waals surface area contributed by atoms with Crippen molar-refractivity contribution in [2.75, 3.05) is 6.54 Å². The summed E-state index contributed by atoms with van der Waals surface area (Å²) in [5.41, 5.74) is 1.08. The van der Waals surface area contributed by atoms with Crippen molar-refractivity contribution in [3.05, 3.63) is 40.0 Å². The lowest BCUT2D eigenvalue weighted by Gasteiger charge is -2.10. The minimum atomic E-state index is -0.153. The molecule has 1 atom stereocenters. The highest BCUT2D eigenvalue weighted by molar-refractivity contribution is 8.00. The second kappa shape index (κ2) is 7.56. The molecule has 0 spiro atoms. The number of hydrogen-bond acceptors (Lipinski definition) is 5. The number of carbonyl (C=O) groups is 1. The summed E-state index contributed by atoms with van der Waals surface area (Å²) in [5, 5.41) is 4.75. The number of pyridine rings is 1. The van der Waals surface area contributed by atoms with Crippen LogP contribution < -0.4 is 5.32 Å². The Balaban J connectivity index is 1.76. The molecule has 21 heavy (non-hydrogen) atoms. The Morgan fingerprint density at radius 3 is 2.86 bits per heavy atom. The van der Waals surface area contributed by atoms with E-state index in [2.05, 4.69) is 22.2 Å². The van der Waals surface area contributed by atoms with E-state index in [-0.39, 0.29) is 11.2 Å². The van der Waals surface area contributed by atoms with E-state index < -0.39 is 0 Å². The van der Waals surface area contributed by atoms with E-state index in [1.807, 2.05) is 32.0 Å². The van der Waals surface area contributed by atoms with Crippen LogP contribution in [0.3, 0.4) is 0 Å². The van der Waals surface area contributed by atoms with Crippen LogP contribution in [-0.2, 0) is 11.2 Å². The SMILES string of the molecule is Cc1nc(CCNC(=O)[C@H](C)Sc2ccccn2)sc1C. The van der Waals surface area contributed by atoms with Gasteiger partial charge in [0.05, 0.1) is 21.0 Å². The van der Waals surface area contributed by atoms with Gasteiger partial charge < -0.3 is 5.32 Å². The first-order chi connectivity index (χ1) is 10.1. The van der Waals surface area contributed by atoms with Crippen LogP contribution in [-0.4, -0.2) is 27.7 Å². The summed E-state index contributed by atoms with van der Waals surface area (Å²) >= 11 is 3.17. The van der Waals surface area contributed by atoms with E-state index in [1.54, 1.807) is 17.5 Å². The van der Waals surface area contributed by atoms with Gasteiger partial charge in [-0.05, 0) is 32.9 Å². The number of nitrogens with one attached hydrogen (secondary N) is 1. The molecule has 0 aromatic carbocycles. The first-order valence-electron chi connectivity index (χ1n) is 6.84. The fraction of sp³-hybridized carbons (Fsp3) is 0.400. The molecule has 0 fully saturated rings. The van der Waals surface area contributed by atoms with Crippen molar-refractivity contribution >= 4 is 29.0 Å². The molecule has 0 unspecified atom stereocenters. The molecule has 0 bridgehead atoms. The number of thiazole rings is 1. The maximum absolute atomic E-state index is 12.0. The van der Waals surface area contributed by atoms with Gasteiger partial charge in [0.1, 0.15) is 0 Å². The van der Waals surface area contributed by atoms with E-state index in [9.17, 15) is 4.79 Å². The Morgan fingerprint density at radius 2 is 2.24 bits per heavy atom. The van der Waals surface area contributed by atoms with E-state index in [0.29, 0.717) is 6.54 Å². The maximum Gasteiger partial charge on any atom is 0.233 e. The molecular formula is C15H19N3OS2. The summed E-state index contributed by atoms with van der Waals surface area (Å²) in [6.45, 7) is 6.60. The number of rotatable bonds is 6. The largest absolute Gasteiger partial charge is 0.355 e. The molecule has 0 radical (unpaired) electrons. The molecule has 112 valence electrons. The Hall–Kier alpha value is -1.40. The average molecular weight is 321 g/mol. The Bertz CT molecular complexity index is 579. The van der Waals surface area contributed by atoms with Gasteiger partial charge in [-0.1, -0.05) is 17.8 Å². The van der Waals surface area contributed by atoms with Crippen molar-refractivity contribution in [1.29, 1.82) is 0 Å². The zero-order chi connectivity index (χ0) is 15.2. The monoisotopic (exact) mass is 321 g/mol. The number of aryl methyl sites for hydroxylation is 2. The summed E-state index contributed by atoms with van der Waals surface area (Å²) in [7, 11) is 0. The lowest BCUT2D eigenvalue weighted by atomic mass is 10.4. The lowest BCUT2D eigenvalue weighted by Crippen LogP contribution is -2.32. The van der Waals surface area contributed by atoms with Crippen molar-refractivity contribution in [2.45, 2.75) is 37.5 Å². The van der Waals surface area contributed by atoms with Crippen LogP contribution in [0.5, 0.6) is 0 Å². The summed E-state index contributed by atoms with van der Waals surface area (Å²) < 4.78 is 0. The molecule has 4 nitrogen and oxygen atoms in total. The zero-order valence-corrected chi connectivity index (χ0v) is 14.1. The van der Waals surface area contributed by atoms with Gasteiger partial charge in [0, 0.05) is 24.0 Å². The minimum Gasteiger partial charge on any atom is -0.355 e. The topological polar surface area (TPSA) is 54.9 Å². The molecule has 0 saturated heterocycles. The number of thioether (sulfide) groups is 1. The molecule has 2 aromatic rings. The van der Waals surface area contributed by atoms with Crippen molar-refractivity contribution in [3.8, 4) is 0 Å². The summed E-state index contributed by atoms with van der Waals surface area (Å²) in [4.78, 5) is 22.0. The Kier molecular flexibility index (Phi) is 5.76. The number of hydrogen-bond donors (Lipinski definition) is 1. The Labute approximate surface area is 133 Å². The van der Waals surface area contributed by atoms with Crippen LogP contribution in [0, 0.1) is 13.8 Å². The van der Waals surface area contributed by atoms with Crippen molar-refractivity contribution in [2.24, 2.45) is 0 Å². The first kappa shape index (κ1) is 16.0. The summed E-state index contributed by atoms with van der Waals surface area (Å²) in [6, 6.07) is 5.70. The maximum atomic E-state index is 12.0. The van der Waals surface area contributed by atoms with Gasteiger partial charge in [-0.3, -0.25) is 4.79 Å². The molecule has 2 aromatic heterocycles. The molecule has 2 rings (SSSR count). The van der Waals surface area contributed by atoms with E-state index >= 15 is 0 Å². The molecule has 0 saturated carbocycles. The van der Waals surface area contributed by atoms with Gasteiger partial charge in [0.25, 0.3) is 0 Å². The quantitative estimate of drug-likeness (QED) is 0.831. The van der Waals surface area contributed by atoms with Gasteiger partial charge in [-0.2, -0.15) is 0 Å². The predicted molar refractivity (Wildman–Crippen MR) is 87.9 cm³/mol. The highest BCUT2D eigenvalue weighted by atomic mass is 32.2. The van der Waals surface area contributed by atoms with Crippen LogP contribution in [0.4, 0.5) is 0 Å². The summed E-state index contributed by atoms with van der Waals surface area (Å²) in [6.07, 6.45) is 2.52. The van der Waals surface area contributed by atoms with Crippen molar-refractivity contribution in [1.82, 2.24) is 15.3 Å². The van der Waals surface area contributed by atoms with Gasteiger partial charge in [-0.25, -0.2) is 9.97 Å². The summed E-state index contributed by atoms with van der Waals surface area (Å²) in [5.74, 6) is 0.0376. The third-order valence-corrected chi connectivity index (χ3v) is 5.20. The smallest absolute Gasteiger partial charge is 0.233 e. The van der Waals surface area contributed by atoms with Crippen molar-refractivity contribution in [3.63, 3.8) is 0 Å². The predicted octanol–water partition coefficient (Wildman–Crippen LogP) is 2.99. The van der Waals surface area contributed by atoms with Crippen LogP contribution >= 0.6 is 23.1 Å². The number of carbonyl (C=O) groups excluding carboxylic acids is 1. The third kappa shape index (κ3) is 4.82. The Morgan fingerprint density at radius 1 is 1.43 bits per heavy atom. The molecule has 0 aliphatic carbocycles. The van der Waals surface area contributed by atoms with Crippen LogP contribution in [0.2, 0.25) is 0 Å². The van der Waals surface area contributed by atoms with Crippen LogP contribution in [0.1, 0.15) is 22.5 Å². The second-order valence-electron chi connectivity index (χ2n) is 4.72. The molecule has 2 heterocycles.